The van der Waals surface area contributed by atoms with E-state index in [1.807, 2.05) is 31.2 Å². The van der Waals surface area contributed by atoms with Gasteiger partial charge >= 0.3 is 0 Å². The highest BCUT2D eigenvalue weighted by Gasteiger charge is 2.22. The van der Waals surface area contributed by atoms with E-state index in [4.69, 9.17) is 5.73 Å². The van der Waals surface area contributed by atoms with Crippen LogP contribution in [0.2, 0.25) is 0 Å². The predicted molar refractivity (Wildman–Crippen MR) is 73.4 cm³/mol. The zero-order valence-corrected chi connectivity index (χ0v) is 10.9. The number of benzene rings is 1. The van der Waals surface area contributed by atoms with Gasteiger partial charge in [-0.1, -0.05) is 18.2 Å². The van der Waals surface area contributed by atoms with Gasteiger partial charge in [-0.3, -0.25) is 9.69 Å². The molecule has 1 aromatic carbocycles. The molecule has 98 valence electrons. The molecule has 18 heavy (non-hydrogen) atoms. The van der Waals surface area contributed by atoms with Crippen molar-refractivity contribution in [3.05, 3.63) is 29.8 Å². The second-order valence-corrected chi connectivity index (χ2v) is 4.99. The lowest BCUT2D eigenvalue weighted by molar-refractivity contribution is -0.117. The van der Waals surface area contributed by atoms with Crippen molar-refractivity contribution in [2.75, 3.05) is 31.5 Å². The van der Waals surface area contributed by atoms with Crippen LogP contribution in [0.15, 0.2) is 24.3 Å². The van der Waals surface area contributed by atoms with Gasteiger partial charge in [-0.25, -0.2) is 0 Å². The molecule has 1 aliphatic heterocycles. The molecule has 0 bridgehead atoms. The standard InChI is InChI=1S/C14H21N3O/c1-11-4-2-3-5-13(11)16-14(18)10-17-7-6-12(8-15)9-17/h2-5,12H,6-10,15H2,1H3,(H,16,18). The van der Waals surface area contributed by atoms with Crippen LogP contribution in [0, 0.1) is 12.8 Å². The van der Waals surface area contributed by atoms with Crippen LogP contribution in [-0.2, 0) is 4.79 Å². The maximum absolute atomic E-state index is 11.9. The van der Waals surface area contributed by atoms with Crippen LogP contribution >= 0.6 is 0 Å². The molecule has 4 heteroatoms. The highest BCUT2D eigenvalue weighted by Crippen LogP contribution is 2.16. The first-order chi connectivity index (χ1) is 8.69. The van der Waals surface area contributed by atoms with E-state index in [0.29, 0.717) is 12.5 Å². The maximum atomic E-state index is 11.9. The van der Waals surface area contributed by atoms with Crippen LogP contribution in [0.4, 0.5) is 5.69 Å². The molecule has 0 spiro atoms. The van der Waals surface area contributed by atoms with Gasteiger partial charge < -0.3 is 11.1 Å². The SMILES string of the molecule is Cc1ccccc1NC(=O)CN1CCC(CN)C1. The first-order valence-corrected chi connectivity index (χ1v) is 6.47. The molecule has 1 saturated heterocycles. The smallest absolute Gasteiger partial charge is 0.238 e. The Balaban J connectivity index is 1.84. The molecule has 1 heterocycles. The fraction of sp³-hybridized carbons (Fsp3) is 0.500. The largest absolute Gasteiger partial charge is 0.330 e. The minimum absolute atomic E-state index is 0.0574. The van der Waals surface area contributed by atoms with Gasteiger partial charge in [-0.2, -0.15) is 0 Å². The van der Waals surface area contributed by atoms with Gasteiger partial charge in [0.1, 0.15) is 0 Å². The van der Waals surface area contributed by atoms with Crippen molar-refractivity contribution in [2.45, 2.75) is 13.3 Å². The Morgan fingerprint density at radius 1 is 1.50 bits per heavy atom. The highest BCUT2D eigenvalue weighted by atomic mass is 16.2. The summed E-state index contributed by atoms with van der Waals surface area (Å²) >= 11 is 0. The van der Waals surface area contributed by atoms with Gasteiger partial charge in [-0.15, -0.1) is 0 Å². The highest BCUT2D eigenvalue weighted by molar-refractivity contribution is 5.92. The van der Waals surface area contributed by atoms with Gasteiger partial charge in [0.25, 0.3) is 0 Å². The molecule has 1 amide bonds. The molecule has 3 N–H and O–H groups in total. The van der Waals surface area contributed by atoms with E-state index in [-0.39, 0.29) is 5.91 Å². The van der Waals surface area contributed by atoms with E-state index in [2.05, 4.69) is 10.2 Å². The van der Waals surface area contributed by atoms with E-state index in [1.54, 1.807) is 0 Å². The summed E-state index contributed by atoms with van der Waals surface area (Å²) in [5.41, 5.74) is 7.63. The van der Waals surface area contributed by atoms with Crippen LogP contribution in [0.5, 0.6) is 0 Å². The molecular weight excluding hydrogens is 226 g/mol. The lowest BCUT2D eigenvalue weighted by Crippen LogP contribution is -2.32. The second-order valence-electron chi connectivity index (χ2n) is 4.99. The third-order valence-electron chi connectivity index (χ3n) is 3.49. The molecule has 1 aromatic rings. The summed E-state index contributed by atoms with van der Waals surface area (Å²) in [6.07, 6.45) is 1.11. The summed E-state index contributed by atoms with van der Waals surface area (Å²) in [4.78, 5) is 14.1. The zero-order chi connectivity index (χ0) is 13.0. The summed E-state index contributed by atoms with van der Waals surface area (Å²) in [6.45, 7) is 5.09. The van der Waals surface area contributed by atoms with Crippen molar-refractivity contribution in [3.63, 3.8) is 0 Å². The molecule has 0 aliphatic carbocycles. The number of likely N-dealkylation sites (tertiary alicyclic amines) is 1. The second kappa shape index (κ2) is 5.98. The monoisotopic (exact) mass is 247 g/mol. The van der Waals surface area contributed by atoms with Crippen molar-refractivity contribution in [1.29, 1.82) is 0 Å². The van der Waals surface area contributed by atoms with E-state index in [0.717, 1.165) is 37.3 Å². The third-order valence-corrected chi connectivity index (χ3v) is 3.49. The number of nitrogens with one attached hydrogen (secondary N) is 1. The molecule has 0 radical (unpaired) electrons. The Hall–Kier alpha value is -1.39. The minimum atomic E-state index is 0.0574. The Morgan fingerprint density at radius 2 is 2.28 bits per heavy atom. The zero-order valence-electron chi connectivity index (χ0n) is 10.9. The number of nitrogens with two attached hydrogens (primary N) is 1. The average Bonchev–Trinajstić information content (AvgIpc) is 2.80. The van der Waals surface area contributed by atoms with Gasteiger partial charge in [-0.05, 0) is 44.0 Å². The summed E-state index contributed by atoms with van der Waals surface area (Å²) in [7, 11) is 0. The molecule has 1 unspecified atom stereocenters. The van der Waals surface area contributed by atoms with E-state index in [1.165, 1.54) is 0 Å². The van der Waals surface area contributed by atoms with Crippen LogP contribution in [0.25, 0.3) is 0 Å². The van der Waals surface area contributed by atoms with Gasteiger partial charge in [0.15, 0.2) is 0 Å². The minimum Gasteiger partial charge on any atom is -0.330 e. The lowest BCUT2D eigenvalue weighted by atomic mass is 10.1. The maximum Gasteiger partial charge on any atom is 0.238 e. The molecule has 0 saturated carbocycles. The number of amides is 1. The van der Waals surface area contributed by atoms with Crippen molar-refractivity contribution in [2.24, 2.45) is 11.7 Å². The van der Waals surface area contributed by atoms with Crippen LogP contribution in [0.3, 0.4) is 0 Å². The molecule has 1 fully saturated rings. The quantitative estimate of drug-likeness (QED) is 0.841. The van der Waals surface area contributed by atoms with Gasteiger partial charge in [0, 0.05) is 12.2 Å². The first-order valence-electron chi connectivity index (χ1n) is 6.47. The number of rotatable bonds is 4. The van der Waals surface area contributed by atoms with Gasteiger partial charge in [0.05, 0.1) is 6.54 Å². The summed E-state index contributed by atoms with van der Waals surface area (Å²) in [5.74, 6) is 0.609. The van der Waals surface area contributed by atoms with E-state index < -0.39 is 0 Å². The molecule has 0 aromatic heterocycles. The van der Waals surface area contributed by atoms with Crippen LogP contribution in [0.1, 0.15) is 12.0 Å². The van der Waals surface area contributed by atoms with Crippen molar-refractivity contribution < 1.29 is 4.79 Å². The summed E-state index contributed by atoms with van der Waals surface area (Å²) < 4.78 is 0. The number of hydrogen-bond acceptors (Lipinski definition) is 3. The number of para-hydroxylation sites is 1. The number of aryl methyl sites for hydroxylation is 1. The Morgan fingerprint density at radius 3 is 2.94 bits per heavy atom. The lowest BCUT2D eigenvalue weighted by Gasteiger charge is -2.15. The number of anilines is 1. The normalized spacial score (nSPS) is 20.0. The third kappa shape index (κ3) is 3.31. The first kappa shape index (κ1) is 13.1. The summed E-state index contributed by atoms with van der Waals surface area (Å²) in [6, 6.07) is 7.83. The van der Waals surface area contributed by atoms with E-state index in [9.17, 15) is 4.79 Å². The molecule has 1 aliphatic rings. The fourth-order valence-corrected chi connectivity index (χ4v) is 2.35. The fourth-order valence-electron chi connectivity index (χ4n) is 2.35. The van der Waals surface area contributed by atoms with Crippen LogP contribution < -0.4 is 11.1 Å². The summed E-state index contributed by atoms with van der Waals surface area (Å²) in [5, 5.41) is 2.96. The van der Waals surface area contributed by atoms with Crippen LogP contribution in [-0.4, -0.2) is 37.0 Å². The van der Waals surface area contributed by atoms with Crippen molar-refractivity contribution in [3.8, 4) is 0 Å². The molecule has 1 atom stereocenters. The Kier molecular flexibility index (Phi) is 4.33. The molecule has 4 nitrogen and oxygen atoms in total. The van der Waals surface area contributed by atoms with Gasteiger partial charge in [0.2, 0.25) is 5.91 Å². The number of carbonyl (C=O) groups excluding carboxylic acids is 1. The Bertz CT molecular complexity index is 419. The number of nitrogens with zero attached hydrogens (tertiary/aromatic N) is 1. The number of carbonyl (C=O) groups is 1. The molecule has 2 rings (SSSR count). The predicted octanol–water partition coefficient (Wildman–Crippen LogP) is 1.21. The van der Waals surface area contributed by atoms with Crippen molar-refractivity contribution in [1.82, 2.24) is 4.90 Å². The molecular formula is C14H21N3O. The Labute approximate surface area is 108 Å². The van der Waals surface area contributed by atoms with Crippen molar-refractivity contribution >= 4 is 11.6 Å². The number of hydrogen-bond donors (Lipinski definition) is 2. The topological polar surface area (TPSA) is 58.4 Å². The van der Waals surface area contributed by atoms with E-state index >= 15 is 0 Å². The average molecular weight is 247 g/mol.